The van der Waals surface area contributed by atoms with Gasteiger partial charge in [-0.05, 0) is 24.5 Å². The minimum Gasteiger partial charge on any atom is -0.355 e. The predicted molar refractivity (Wildman–Crippen MR) is 60.7 cm³/mol. The molecule has 2 unspecified atom stereocenters. The van der Waals surface area contributed by atoms with Crippen LogP contribution in [0.1, 0.15) is 13.3 Å². The maximum atomic E-state index is 4.12. The van der Waals surface area contributed by atoms with Crippen LogP contribution in [0.5, 0.6) is 0 Å². The summed E-state index contributed by atoms with van der Waals surface area (Å²) in [6, 6.07) is 3.96. The van der Waals surface area contributed by atoms with Crippen LogP contribution in [0, 0.1) is 5.92 Å². The number of halogens is 1. The molecular weight excluding hydrogens is 242 g/mol. The number of nitrogens with zero attached hydrogens (tertiary/aromatic N) is 3. The summed E-state index contributed by atoms with van der Waals surface area (Å²) >= 11 is 3.69. The Morgan fingerprint density at radius 1 is 1.57 bits per heavy atom. The Balaban J connectivity index is 2.07. The zero-order chi connectivity index (χ0) is 9.97. The van der Waals surface area contributed by atoms with Gasteiger partial charge in [0.25, 0.3) is 0 Å². The molecule has 0 aliphatic carbocycles. The zero-order valence-electron chi connectivity index (χ0n) is 8.23. The van der Waals surface area contributed by atoms with Crippen LogP contribution in [0.4, 0.5) is 5.82 Å². The summed E-state index contributed by atoms with van der Waals surface area (Å²) in [4.78, 5) is 2.95. The van der Waals surface area contributed by atoms with E-state index in [0.29, 0.717) is 10.7 Å². The van der Waals surface area contributed by atoms with Crippen LogP contribution >= 0.6 is 15.9 Å². The van der Waals surface area contributed by atoms with Gasteiger partial charge in [-0.2, -0.15) is 5.10 Å². The van der Waals surface area contributed by atoms with E-state index in [1.165, 1.54) is 6.42 Å². The molecule has 0 bridgehead atoms. The first-order valence-corrected chi connectivity index (χ1v) is 5.85. The van der Waals surface area contributed by atoms with Crippen molar-refractivity contribution in [1.29, 1.82) is 0 Å². The first-order valence-electron chi connectivity index (χ1n) is 4.94. The second-order valence-corrected chi connectivity index (χ2v) is 4.99. The van der Waals surface area contributed by atoms with E-state index in [2.05, 4.69) is 38.0 Å². The van der Waals surface area contributed by atoms with E-state index in [1.54, 1.807) is 6.20 Å². The summed E-state index contributed by atoms with van der Waals surface area (Å²) in [5.74, 6) is 1.67. The van der Waals surface area contributed by atoms with E-state index in [1.807, 2.05) is 12.1 Å². The highest BCUT2D eigenvalue weighted by atomic mass is 79.9. The molecule has 0 amide bonds. The lowest BCUT2D eigenvalue weighted by Crippen LogP contribution is -2.40. The number of hydrogen-bond acceptors (Lipinski definition) is 3. The quantitative estimate of drug-likeness (QED) is 0.720. The average molecular weight is 256 g/mol. The summed E-state index contributed by atoms with van der Waals surface area (Å²) in [5, 5.41) is 8.02. The van der Waals surface area contributed by atoms with Crippen molar-refractivity contribution in [2.24, 2.45) is 5.92 Å². The number of alkyl halides is 1. The molecule has 4 heteroatoms. The maximum absolute atomic E-state index is 4.12. The predicted octanol–water partition coefficient (Wildman–Crippen LogP) is 2.09. The van der Waals surface area contributed by atoms with Crippen LogP contribution in [0.25, 0.3) is 0 Å². The second-order valence-electron chi connectivity index (χ2n) is 3.81. The van der Waals surface area contributed by atoms with Crippen molar-refractivity contribution in [2.75, 3.05) is 18.0 Å². The third-order valence-corrected chi connectivity index (χ3v) is 4.04. The van der Waals surface area contributed by atoms with Crippen molar-refractivity contribution in [3.05, 3.63) is 18.3 Å². The molecule has 14 heavy (non-hydrogen) atoms. The first kappa shape index (κ1) is 9.90. The number of hydrogen-bond donors (Lipinski definition) is 0. The third-order valence-electron chi connectivity index (χ3n) is 2.68. The van der Waals surface area contributed by atoms with Gasteiger partial charge in [0, 0.05) is 24.1 Å². The molecule has 1 aliphatic heterocycles. The minimum absolute atomic E-state index is 0.649. The first-order chi connectivity index (χ1) is 6.77. The lowest BCUT2D eigenvalue weighted by molar-refractivity contribution is 0.462. The highest BCUT2D eigenvalue weighted by molar-refractivity contribution is 9.09. The van der Waals surface area contributed by atoms with Gasteiger partial charge in [0.15, 0.2) is 5.82 Å². The van der Waals surface area contributed by atoms with E-state index in [9.17, 15) is 0 Å². The Morgan fingerprint density at radius 3 is 3.07 bits per heavy atom. The molecule has 0 radical (unpaired) electrons. The highest BCUT2D eigenvalue weighted by Gasteiger charge is 2.24. The Kier molecular flexibility index (Phi) is 3.01. The zero-order valence-corrected chi connectivity index (χ0v) is 9.81. The normalized spacial score (nSPS) is 27.7. The van der Waals surface area contributed by atoms with Crippen LogP contribution < -0.4 is 4.90 Å². The molecule has 0 spiro atoms. The molecule has 1 aromatic rings. The van der Waals surface area contributed by atoms with Crippen LogP contribution in [0.15, 0.2) is 18.3 Å². The van der Waals surface area contributed by atoms with Gasteiger partial charge >= 0.3 is 0 Å². The van der Waals surface area contributed by atoms with Crippen LogP contribution in [-0.4, -0.2) is 28.1 Å². The van der Waals surface area contributed by atoms with E-state index < -0.39 is 0 Å². The van der Waals surface area contributed by atoms with Gasteiger partial charge in [-0.1, -0.05) is 22.9 Å². The minimum atomic E-state index is 0.649. The molecule has 1 fully saturated rings. The molecule has 2 atom stereocenters. The lowest BCUT2D eigenvalue weighted by Gasteiger charge is -2.34. The van der Waals surface area contributed by atoms with E-state index in [0.717, 1.165) is 18.9 Å². The Morgan fingerprint density at radius 2 is 2.43 bits per heavy atom. The van der Waals surface area contributed by atoms with E-state index in [-0.39, 0.29) is 0 Å². The summed E-state index contributed by atoms with van der Waals surface area (Å²) in [6.07, 6.45) is 2.89. The number of rotatable bonds is 1. The molecule has 2 heterocycles. The largest absolute Gasteiger partial charge is 0.355 e. The van der Waals surface area contributed by atoms with Crippen molar-refractivity contribution in [3.63, 3.8) is 0 Å². The van der Waals surface area contributed by atoms with Crippen molar-refractivity contribution >= 4 is 21.7 Å². The summed E-state index contributed by atoms with van der Waals surface area (Å²) < 4.78 is 0. The molecule has 2 rings (SSSR count). The standard InChI is InChI=1S/C10H14BrN3/c1-8-7-14(6-4-9(8)11)10-3-2-5-12-13-10/h2-3,5,8-9H,4,6-7H2,1H3. The summed E-state index contributed by atoms with van der Waals surface area (Å²) in [5.41, 5.74) is 0. The van der Waals surface area contributed by atoms with Gasteiger partial charge in [0.05, 0.1) is 0 Å². The highest BCUT2D eigenvalue weighted by Crippen LogP contribution is 2.25. The van der Waals surface area contributed by atoms with Crippen LogP contribution in [0.3, 0.4) is 0 Å². The Bertz CT molecular complexity index is 291. The number of anilines is 1. The fraction of sp³-hybridized carbons (Fsp3) is 0.600. The number of piperidine rings is 1. The Labute approximate surface area is 92.7 Å². The van der Waals surface area contributed by atoms with Gasteiger partial charge in [-0.25, -0.2) is 0 Å². The molecule has 0 saturated carbocycles. The third kappa shape index (κ3) is 2.05. The Hall–Kier alpha value is -0.640. The van der Waals surface area contributed by atoms with Crippen LogP contribution in [0.2, 0.25) is 0 Å². The van der Waals surface area contributed by atoms with Crippen molar-refractivity contribution in [2.45, 2.75) is 18.2 Å². The van der Waals surface area contributed by atoms with Crippen molar-refractivity contribution < 1.29 is 0 Å². The summed E-state index contributed by atoms with van der Waals surface area (Å²) in [7, 11) is 0. The van der Waals surface area contributed by atoms with Crippen molar-refractivity contribution in [1.82, 2.24) is 10.2 Å². The second kappa shape index (κ2) is 4.26. The molecule has 0 N–H and O–H groups in total. The molecule has 1 aromatic heterocycles. The molecule has 0 aromatic carbocycles. The van der Waals surface area contributed by atoms with Gasteiger partial charge in [-0.3, -0.25) is 0 Å². The number of aromatic nitrogens is 2. The van der Waals surface area contributed by atoms with Gasteiger partial charge in [-0.15, -0.1) is 5.10 Å². The van der Waals surface area contributed by atoms with Crippen LogP contribution in [-0.2, 0) is 0 Å². The van der Waals surface area contributed by atoms with Crippen molar-refractivity contribution in [3.8, 4) is 0 Å². The SMILES string of the molecule is CC1CN(c2cccnn2)CCC1Br. The maximum Gasteiger partial charge on any atom is 0.151 e. The van der Waals surface area contributed by atoms with Gasteiger partial charge in [0.2, 0.25) is 0 Å². The smallest absolute Gasteiger partial charge is 0.151 e. The average Bonchev–Trinajstić information content (AvgIpc) is 2.23. The molecule has 1 aliphatic rings. The molecule has 3 nitrogen and oxygen atoms in total. The summed E-state index contributed by atoms with van der Waals surface area (Å²) in [6.45, 7) is 4.40. The fourth-order valence-electron chi connectivity index (χ4n) is 1.79. The van der Waals surface area contributed by atoms with E-state index in [4.69, 9.17) is 0 Å². The van der Waals surface area contributed by atoms with E-state index >= 15 is 0 Å². The van der Waals surface area contributed by atoms with Gasteiger partial charge in [0.1, 0.15) is 0 Å². The lowest BCUT2D eigenvalue weighted by atomic mass is 10.0. The molecule has 1 saturated heterocycles. The molecular formula is C10H14BrN3. The molecule has 76 valence electrons. The monoisotopic (exact) mass is 255 g/mol. The van der Waals surface area contributed by atoms with Gasteiger partial charge < -0.3 is 4.90 Å². The fourth-order valence-corrected chi connectivity index (χ4v) is 2.16. The topological polar surface area (TPSA) is 29.0 Å².